The molecule has 0 aromatic carbocycles. The Balaban J connectivity index is 2.27. The second kappa shape index (κ2) is 5.10. The molecule has 22 heavy (non-hydrogen) atoms. The molecular formula is C15H13NO5S. The summed E-state index contributed by atoms with van der Waals surface area (Å²) >= 11 is 1.33. The molecule has 0 atom stereocenters. The van der Waals surface area contributed by atoms with Crippen molar-refractivity contribution in [3.05, 3.63) is 44.4 Å². The van der Waals surface area contributed by atoms with E-state index < -0.39 is 18.4 Å². The Morgan fingerprint density at radius 3 is 2.68 bits per heavy atom. The summed E-state index contributed by atoms with van der Waals surface area (Å²) < 4.78 is 1.43. The van der Waals surface area contributed by atoms with Gasteiger partial charge in [-0.25, -0.2) is 4.79 Å². The summed E-state index contributed by atoms with van der Waals surface area (Å²) in [5.74, 6) is -2.53. The highest BCUT2D eigenvalue weighted by molar-refractivity contribution is 7.12. The third-order valence-corrected chi connectivity index (χ3v) is 4.92. The van der Waals surface area contributed by atoms with Crippen molar-refractivity contribution in [2.75, 3.05) is 0 Å². The molecule has 0 saturated carbocycles. The molecule has 7 heteroatoms. The van der Waals surface area contributed by atoms with Crippen molar-refractivity contribution < 1.29 is 24.6 Å². The van der Waals surface area contributed by atoms with E-state index in [1.54, 1.807) is 7.05 Å². The molecule has 0 radical (unpaired) electrons. The number of carboxylic acids is 2. The van der Waals surface area contributed by atoms with E-state index in [1.807, 2.05) is 11.4 Å². The molecule has 6 nitrogen and oxygen atoms in total. The molecule has 0 fully saturated rings. The number of aryl methyl sites for hydroxylation is 1. The Morgan fingerprint density at radius 2 is 2.05 bits per heavy atom. The fourth-order valence-corrected chi connectivity index (χ4v) is 3.93. The van der Waals surface area contributed by atoms with Crippen molar-refractivity contribution in [3.63, 3.8) is 0 Å². The van der Waals surface area contributed by atoms with Crippen LogP contribution in [-0.2, 0) is 31.1 Å². The smallest absolute Gasteiger partial charge is 0.337 e. The standard InChI is InChI=1S/C15H13NO5S/c1-16-9(6-10(17)18)11(15(20)21)8-3-2-7-4-5-22-14(7)13(19)12(8)16/h4-5H,2-3,6H2,1H3,(H,17,18)(H,20,21). The van der Waals surface area contributed by atoms with Crippen LogP contribution in [0.4, 0.5) is 0 Å². The highest BCUT2D eigenvalue weighted by atomic mass is 32.1. The van der Waals surface area contributed by atoms with Crippen molar-refractivity contribution >= 4 is 29.1 Å². The number of ketones is 1. The summed E-state index contributed by atoms with van der Waals surface area (Å²) in [7, 11) is 1.56. The zero-order chi connectivity index (χ0) is 16.0. The van der Waals surface area contributed by atoms with Gasteiger partial charge in [0.25, 0.3) is 0 Å². The highest BCUT2D eigenvalue weighted by Crippen LogP contribution is 2.33. The molecule has 0 spiro atoms. The van der Waals surface area contributed by atoms with E-state index in [2.05, 4.69) is 0 Å². The van der Waals surface area contributed by atoms with Gasteiger partial charge in [-0.05, 0) is 35.4 Å². The lowest BCUT2D eigenvalue weighted by Gasteiger charge is -2.05. The van der Waals surface area contributed by atoms with Gasteiger partial charge < -0.3 is 14.8 Å². The van der Waals surface area contributed by atoms with Gasteiger partial charge in [0.2, 0.25) is 5.78 Å². The molecule has 3 rings (SSSR count). The minimum atomic E-state index is -1.19. The third kappa shape index (κ3) is 2.05. The summed E-state index contributed by atoms with van der Waals surface area (Å²) in [6.07, 6.45) is 0.573. The fraction of sp³-hybridized carbons (Fsp3) is 0.267. The Labute approximate surface area is 129 Å². The van der Waals surface area contributed by atoms with Gasteiger partial charge in [0.1, 0.15) is 0 Å². The molecule has 114 valence electrons. The van der Waals surface area contributed by atoms with Crippen LogP contribution in [-0.4, -0.2) is 32.5 Å². The van der Waals surface area contributed by atoms with Crippen molar-refractivity contribution in [2.45, 2.75) is 19.3 Å². The maximum atomic E-state index is 12.7. The Kier molecular flexibility index (Phi) is 3.37. The maximum absolute atomic E-state index is 12.7. The number of hydrogen-bond acceptors (Lipinski definition) is 4. The number of fused-ring (bicyclic) bond motifs is 2. The molecule has 2 heterocycles. The van der Waals surface area contributed by atoms with Crippen LogP contribution in [0.2, 0.25) is 0 Å². The quantitative estimate of drug-likeness (QED) is 0.898. The topological polar surface area (TPSA) is 96.6 Å². The fourth-order valence-electron chi connectivity index (χ4n) is 3.03. The first kappa shape index (κ1) is 14.5. The van der Waals surface area contributed by atoms with Gasteiger partial charge >= 0.3 is 11.9 Å². The van der Waals surface area contributed by atoms with Gasteiger partial charge in [0, 0.05) is 12.7 Å². The van der Waals surface area contributed by atoms with E-state index >= 15 is 0 Å². The Morgan fingerprint density at radius 1 is 1.32 bits per heavy atom. The lowest BCUT2D eigenvalue weighted by atomic mass is 10.0. The zero-order valence-electron chi connectivity index (χ0n) is 11.8. The largest absolute Gasteiger partial charge is 0.481 e. The lowest BCUT2D eigenvalue weighted by Crippen LogP contribution is -2.13. The minimum Gasteiger partial charge on any atom is -0.481 e. The molecule has 0 aliphatic heterocycles. The van der Waals surface area contributed by atoms with Crippen molar-refractivity contribution in [1.29, 1.82) is 0 Å². The number of nitrogens with zero attached hydrogens (tertiary/aromatic N) is 1. The lowest BCUT2D eigenvalue weighted by molar-refractivity contribution is -0.136. The molecule has 0 bridgehead atoms. The van der Waals surface area contributed by atoms with Gasteiger partial charge in [0.15, 0.2) is 0 Å². The second-order valence-corrected chi connectivity index (χ2v) is 6.10. The van der Waals surface area contributed by atoms with Gasteiger partial charge in [-0.15, -0.1) is 11.3 Å². The van der Waals surface area contributed by atoms with Crippen LogP contribution in [0.1, 0.15) is 42.5 Å². The van der Waals surface area contributed by atoms with E-state index in [1.165, 1.54) is 15.9 Å². The van der Waals surface area contributed by atoms with Crippen molar-refractivity contribution in [1.82, 2.24) is 4.57 Å². The summed E-state index contributed by atoms with van der Waals surface area (Å²) in [6, 6.07) is 1.88. The van der Waals surface area contributed by atoms with Crippen LogP contribution in [0.3, 0.4) is 0 Å². The summed E-state index contributed by atoms with van der Waals surface area (Å²) in [5.41, 5.74) is 1.79. The van der Waals surface area contributed by atoms with Crippen molar-refractivity contribution in [2.24, 2.45) is 7.05 Å². The molecule has 0 unspecified atom stereocenters. The minimum absolute atomic E-state index is 0.0385. The van der Waals surface area contributed by atoms with Crippen LogP contribution in [0, 0.1) is 0 Å². The highest BCUT2D eigenvalue weighted by Gasteiger charge is 2.33. The van der Waals surface area contributed by atoms with Gasteiger partial charge in [-0.2, -0.15) is 0 Å². The number of aromatic nitrogens is 1. The van der Waals surface area contributed by atoms with Crippen LogP contribution < -0.4 is 0 Å². The molecule has 2 aromatic rings. The van der Waals surface area contributed by atoms with Gasteiger partial charge in [-0.1, -0.05) is 0 Å². The number of rotatable bonds is 3. The van der Waals surface area contributed by atoms with Gasteiger partial charge in [0.05, 0.1) is 22.6 Å². The predicted molar refractivity (Wildman–Crippen MR) is 78.9 cm³/mol. The summed E-state index contributed by atoms with van der Waals surface area (Å²) in [4.78, 5) is 36.0. The summed E-state index contributed by atoms with van der Waals surface area (Å²) in [5, 5.41) is 20.3. The number of hydrogen-bond donors (Lipinski definition) is 2. The molecule has 2 aromatic heterocycles. The predicted octanol–water partition coefficient (Wildman–Crippen LogP) is 1.74. The van der Waals surface area contributed by atoms with Crippen molar-refractivity contribution in [3.8, 4) is 0 Å². The van der Waals surface area contributed by atoms with E-state index in [-0.39, 0.29) is 17.0 Å². The average Bonchev–Trinajstić information content (AvgIpc) is 2.96. The van der Waals surface area contributed by atoms with Gasteiger partial charge in [-0.3, -0.25) is 9.59 Å². The van der Waals surface area contributed by atoms with E-state index in [4.69, 9.17) is 5.11 Å². The number of thiophene rings is 1. The van der Waals surface area contributed by atoms with Crippen LogP contribution in [0.15, 0.2) is 11.4 Å². The monoisotopic (exact) mass is 319 g/mol. The first-order valence-electron chi connectivity index (χ1n) is 6.68. The molecule has 0 saturated heterocycles. The van der Waals surface area contributed by atoms with Crippen LogP contribution in [0.25, 0.3) is 0 Å². The van der Waals surface area contributed by atoms with E-state index in [0.717, 1.165) is 5.56 Å². The summed E-state index contributed by atoms with van der Waals surface area (Å²) in [6.45, 7) is 0. The number of carbonyl (C=O) groups is 3. The Bertz CT molecular complexity index is 814. The zero-order valence-corrected chi connectivity index (χ0v) is 12.6. The number of carboxylic acid groups (broad SMARTS) is 2. The molecule has 2 N–H and O–H groups in total. The molecular weight excluding hydrogens is 306 g/mol. The molecule has 1 aliphatic rings. The van der Waals surface area contributed by atoms with Crippen LogP contribution >= 0.6 is 11.3 Å². The molecule has 1 aliphatic carbocycles. The van der Waals surface area contributed by atoms with E-state index in [9.17, 15) is 19.5 Å². The van der Waals surface area contributed by atoms with Crippen LogP contribution in [0.5, 0.6) is 0 Å². The number of carbonyl (C=O) groups excluding carboxylic acids is 1. The first-order chi connectivity index (χ1) is 10.4. The van der Waals surface area contributed by atoms with E-state index in [0.29, 0.717) is 29.0 Å². The first-order valence-corrected chi connectivity index (χ1v) is 7.56. The third-order valence-electron chi connectivity index (χ3n) is 3.96. The molecule has 0 amide bonds. The number of aromatic carboxylic acids is 1. The average molecular weight is 319 g/mol. The maximum Gasteiger partial charge on any atom is 0.337 e. The second-order valence-electron chi connectivity index (χ2n) is 5.19. The SMILES string of the molecule is Cn1c(CC(=O)O)c(C(=O)O)c2c1C(=O)c1sccc1CC2. The number of aliphatic carboxylic acids is 1. The Hall–Kier alpha value is -2.41. The normalized spacial score (nSPS) is 13.4.